The van der Waals surface area contributed by atoms with Gasteiger partial charge in [-0.05, 0) is 37.0 Å². The molecular formula is C15H19FO3. The molecule has 104 valence electrons. The second kappa shape index (κ2) is 5.19. The van der Waals surface area contributed by atoms with E-state index in [1.165, 1.54) is 13.2 Å². The monoisotopic (exact) mass is 266 g/mol. The Morgan fingerprint density at radius 2 is 2.05 bits per heavy atom. The molecule has 1 fully saturated rings. The van der Waals surface area contributed by atoms with Gasteiger partial charge in [0.25, 0.3) is 0 Å². The van der Waals surface area contributed by atoms with Gasteiger partial charge in [0.1, 0.15) is 11.6 Å². The summed E-state index contributed by atoms with van der Waals surface area (Å²) in [6.45, 7) is 1.85. The number of carboxylic acids is 1. The number of halogens is 1. The third-order valence-corrected chi connectivity index (χ3v) is 4.15. The van der Waals surface area contributed by atoms with Gasteiger partial charge in [0, 0.05) is 5.56 Å². The molecule has 1 aromatic carbocycles. The number of ether oxygens (including phenoxy) is 1. The van der Waals surface area contributed by atoms with Crippen molar-refractivity contribution in [3.05, 3.63) is 29.1 Å². The molecule has 3 nitrogen and oxygen atoms in total. The average molecular weight is 266 g/mol. The lowest BCUT2D eigenvalue weighted by Gasteiger charge is -2.25. The number of hydrogen-bond donors (Lipinski definition) is 1. The Hall–Kier alpha value is -1.58. The molecule has 0 aromatic heterocycles. The summed E-state index contributed by atoms with van der Waals surface area (Å²) in [6.07, 6.45) is 3.39. The highest BCUT2D eigenvalue weighted by Crippen LogP contribution is 2.43. The van der Waals surface area contributed by atoms with Gasteiger partial charge in [0.15, 0.2) is 0 Å². The maximum absolute atomic E-state index is 14.1. The van der Waals surface area contributed by atoms with Crippen LogP contribution in [-0.2, 0) is 16.6 Å². The quantitative estimate of drug-likeness (QED) is 0.909. The maximum atomic E-state index is 14.1. The molecule has 0 radical (unpaired) electrons. The van der Waals surface area contributed by atoms with Gasteiger partial charge in [-0.25, -0.2) is 4.39 Å². The van der Waals surface area contributed by atoms with Crippen LogP contribution in [-0.4, -0.2) is 18.2 Å². The van der Waals surface area contributed by atoms with Crippen molar-refractivity contribution in [1.29, 1.82) is 0 Å². The highest BCUT2D eigenvalue weighted by molar-refractivity contribution is 5.82. The fourth-order valence-corrected chi connectivity index (χ4v) is 3.02. The minimum Gasteiger partial charge on any atom is -0.496 e. The van der Waals surface area contributed by atoms with Crippen molar-refractivity contribution in [2.75, 3.05) is 7.11 Å². The number of hydrogen-bond acceptors (Lipinski definition) is 2. The number of carbonyl (C=O) groups is 1. The van der Waals surface area contributed by atoms with Crippen LogP contribution in [0.4, 0.5) is 4.39 Å². The zero-order valence-corrected chi connectivity index (χ0v) is 11.3. The highest BCUT2D eigenvalue weighted by atomic mass is 19.1. The van der Waals surface area contributed by atoms with Crippen LogP contribution >= 0.6 is 0 Å². The van der Waals surface area contributed by atoms with E-state index < -0.39 is 11.4 Å². The first-order valence-corrected chi connectivity index (χ1v) is 6.65. The SMILES string of the molecule is CCc1c(F)cc(C2(C(=O)O)CCCC2)cc1OC. The molecular weight excluding hydrogens is 247 g/mol. The van der Waals surface area contributed by atoms with Gasteiger partial charge in [-0.2, -0.15) is 0 Å². The maximum Gasteiger partial charge on any atom is 0.314 e. The lowest BCUT2D eigenvalue weighted by atomic mass is 9.78. The van der Waals surface area contributed by atoms with E-state index in [1.54, 1.807) is 6.07 Å². The number of rotatable bonds is 4. The summed E-state index contributed by atoms with van der Waals surface area (Å²) < 4.78 is 19.3. The third kappa shape index (κ3) is 2.20. The molecule has 0 saturated heterocycles. The van der Waals surface area contributed by atoms with E-state index in [4.69, 9.17) is 4.74 Å². The number of carboxylic acid groups (broad SMARTS) is 1. The van der Waals surface area contributed by atoms with Crippen molar-refractivity contribution in [1.82, 2.24) is 0 Å². The summed E-state index contributed by atoms with van der Waals surface area (Å²) in [5.41, 5.74) is 0.0919. The number of benzene rings is 1. The van der Waals surface area contributed by atoms with Gasteiger partial charge < -0.3 is 9.84 Å². The minimum absolute atomic E-state index is 0.371. The van der Waals surface area contributed by atoms with E-state index in [2.05, 4.69) is 0 Å². The predicted molar refractivity (Wildman–Crippen MR) is 70.1 cm³/mol. The smallest absolute Gasteiger partial charge is 0.314 e. The van der Waals surface area contributed by atoms with Gasteiger partial charge in [0.05, 0.1) is 12.5 Å². The first-order valence-electron chi connectivity index (χ1n) is 6.65. The van der Waals surface area contributed by atoms with Crippen molar-refractivity contribution >= 4 is 5.97 Å². The Bertz CT molecular complexity index is 490. The Balaban J connectivity index is 2.56. The van der Waals surface area contributed by atoms with Gasteiger partial charge in [-0.15, -0.1) is 0 Å². The summed E-state index contributed by atoms with van der Waals surface area (Å²) >= 11 is 0. The molecule has 2 rings (SSSR count). The Kier molecular flexibility index (Phi) is 3.78. The van der Waals surface area contributed by atoms with Gasteiger partial charge in [0.2, 0.25) is 0 Å². The topological polar surface area (TPSA) is 46.5 Å². The molecule has 4 heteroatoms. The van der Waals surface area contributed by atoms with Crippen LogP contribution in [0.1, 0.15) is 43.7 Å². The lowest BCUT2D eigenvalue weighted by Crippen LogP contribution is -2.32. The molecule has 1 aliphatic carbocycles. The molecule has 0 bridgehead atoms. The first-order chi connectivity index (χ1) is 9.05. The van der Waals surface area contributed by atoms with E-state index in [9.17, 15) is 14.3 Å². The van der Waals surface area contributed by atoms with Gasteiger partial charge >= 0.3 is 5.97 Å². The minimum atomic E-state index is -0.944. The summed E-state index contributed by atoms with van der Waals surface area (Å²) in [6, 6.07) is 3.07. The van der Waals surface area contributed by atoms with Crippen molar-refractivity contribution < 1.29 is 19.0 Å². The van der Waals surface area contributed by atoms with Crippen molar-refractivity contribution in [2.24, 2.45) is 0 Å². The molecule has 1 aliphatic rings. The molecule has 0 amide bonds. The van der Waals surface area contributed by atoms with Crippen LogP contribution in [0.5, 0.6) is 5.75 Å². The van der Waals surface area contributed by atoms with Crippen LogP contribution in [0.2, 0.25) is 0 Å². The van der Waals surface area contributed by atoms with E-state index in [0.717, 1.165) is 12.8 Å². The Morgan fingerprint density at radius 3 is 2.53 bits per heavy atom. The van der Waals surface area contributed by atoms with E-state index >= 15 is 0 Å². The second-order valence-electron chi connectivity index (χ2n) is 5.09. The molecule has 1 N–H and O–H groups in total. The van der Waals surface area contributed by atoms with Gasteiger partial charge in [-0.3, -0.25) is 4.79 Å². The van der Waals surface area contributed by atoms with Crippen LogP contribution in [0.15, 0.2) is 12.1 Å². The van der Waals surface area contributed by atoms with E-state index in [-0.39, 0.29) is 5.82 Å². The number of methoxy groups -OCH3 is 1. The van der Waals surface area contributed by atoms with Crippen LogP contribution < -0.4 is 4.74 Å². The first kappa shape index (κ1) is 13.8. The summed E-state index contributed by atoms with van der Waals surface area (Å²) in [5.74, 6) is -0.787. The standard InChI is InChI=1S/C15H19FO3/c1-3-11-12(16)8-10(9-13(11)19-2)15(14(17)18)6-4-5-7-15/h8-9H,3-7H2,1-2H3,(H,17,18). The Morgan fingerprint density at radius 1 is 1.42 bits per heavy atom. The van der Waals surface area contributed by atoms with Crippen molar-refractivity contribution in [2.45, 2.75) is 44.4 Å². The van der Waals surface area contributed by atoms with E-state index in [1.807, 2.05) is 6.92 Å². The number of aliphatic carboxylic acids is 1. The summed E-state index contributed by atoms with van der Waals surface area (Å²) in [4.78, 5) is 11.6. The van der Waals surface area contributed by atoms with Crippen molar-refractivity contribution in [3.63, 3.8) is 0 Å². The van der Waals surface area contributed by atoms with Crippen molar-refractivity contribution in [3.8, 4) is 5.75 Å². The molecule has 0 atom stereocenters. The molecule has 0 unspecified atom stereocenters. The zero-order valence-electron chi connectivity index (χ0n) is 11.3. The molecule has 1 saturated carbocycles. The molecule has 0 spiro atoms. The van der Waals surface area contributed by atoms with Crippen LogP contribution in [0.3, 0.4) is 0 Å². The summed E-state index contributed by atoms with van der Waals surface area (Å²) in [5, 5.41) is 9.53. The molecule has 0 heterocycles. The summed E-state index contributed by atoms with van der Waals surface area (Å²) in [7, 11) is 1.49. The highest BCUT2D eigenvalue weighted by Gasteiger charge is 2.43. The largest absolute Gasteiger partial charge is 0.496 e. The van der Waals surface area contributed by atoms with Crippen LogP contribution in [0.25, 0.3) is 0 Å². The van der Waals surface area contributed by atoms with E-state index in [0.29, 0.717) is 36.1 Å². The fraction of sp³-hybridized carbons (Fsp3) is 0.533. The second-order valence-corrected chi connectivity index (χ2v) is 5.09. The average Bonchev–Trinajstić information content (AvgIpc) is 2.88. The fourth-order valence-electron chi connectivity index (χ4n) is 3.02. The van der Waals surface area contributed by atoms with Gasteiger partial charge in [-0.1, -0.05) is 19.8 Å². The van der Waals surface area contributed by atoms with Crippen LogP contribution in [0, 0.1) is 5.82 Å². The zero-order chi connectivity index (χ0) is 14.0. The molecule has 1 aromatic rings. The molecule has 0 aliphatic heterocycles. The Labute approximate surface area is 112 Å². The molecule has 19 heavy (non-hydrogen) atoms. The predicted octanol–water partition coefficient (Wildman–Crippen LogP) is 3.29. The normalized spacial score (nSPS) is 17.4. The lowest BCUT2D eigenvalue weighted by molar-refractivity contribution is -0.143. The third-order valence-electron chi connectivity index (χ3n) is 4.15.